The van der Waals surface area contributed by atoms with Gasteiger partial charge in [-0.1, -0.05) is 29.3 Å². The van der Waals surface area contributed by atoms with Crippen LogP contribution in [0.5, 0.6) is 5.75 Å². The van der Waals surface area contributed by atoms with E-state index in [1.807, 2.05) is 13.0 Å². The number of imide groups is 1. The average molecular weight is 479 g/mol. The highest BCUT2D eigenvalue weighted by Crippen LogP contribution is 2.40. The van der Waals surface area contributed by atoms with Gasteiger partial charge in [-0.2, -0.15) is 0 Å². The molecule has 2 aromatic rings. The number of halogens is 1. The highest BCUT2D eigenvalue weighted by Gasteiger charge is 2.48. The first-order chi connectivity index (χ1) is 16.3. The molecule has 0 bridgehead atoms. The molecule has 7 nitrogen and oxygen atoms in total. The van der Waals surface area contributed by atoms with E-state index in [2.05, 4.69) is 0 Å². The van der Waals surface area contributed by atoms with Crippen molar-refractivity contribution < 1.29 is 23.9 Å². The van der Waals surface area contributed by atoms with Crippen molar-refractivity contribution in [1.29, 1.82) is 0 Å². The highest BCUT2D eigenvalue weighted by molar-refractivity contribution is 6.30. The number of amides is 3. The molecule has 0 saturated carbocycles. The fourth-order valence-corrected chi connectivity index (χ4v) is 5.04. The zero-order valence-electron chi connectivity index (χ0n) is 18.6. The first-order valence-electron chi connectivity index (χ1n) is 11.2. The lowest BCUT2D eigenvalue weighted by Crippen LogP contribution is -2.31. The average Bonchev–Trinajstić information content (AvgIpc) is 3.32. The number of hydrogen-bond donors (Lipinski definition) is 0. The van der Waals surface area contributed by atoms with Gasteiger partial charge in [0.2, 0.25) is 17.7 Å². The van der Waals surface area contributed by atoms with Gasteiger partial charge < -0.3 is 9.64 Å². The molecule has 2 fully saturated rings. The number of esters is 1. The molecule has 2 aliphatic heterocycles. The van der Waals surface area contributed by atoms with Crippen LogP contribution >= 0.6 is 11.6 Å². The van der Waals surface area contributed by atoms with Gasteiger partial charge >= 0.3 is 5.97 Å². The Hall–Kier alpha value is -3.45. The van der Waals surface area contributed by atoms with Crippen LogP contribution < -0.4 is 14.5 Å². The molecule has 2 aromatic carbocycles. The second-order valence-electron chi connectivity index (χ2n) is 9.02. The zero-order chi connectivity index (χ0) is 24.0. The second kappa shape index (κ2) is 8.72. The largest absolute Gasteiger partial charge is 0.426 e. The van der Waals surface area contributed by atoms with E-state index in [0.717, 1.165) is 5.57 Å². The lowest BCUT2D eigenvalue weighted by Gasteiger charge is -2.18. The first kappa shape index (κ1) is 22.3. The Balaban J connectivity index is 1.29. The van der Waals surface area contributed by atoms with E-state index in [9.17, 15) is 19.2 Å². The Labute approximate surface area is 201 Å². The van der Waals surface area contributed by atoms with Gasteiger partial charge in [0.1, 0.15) is 5.75 Å². The minimum absolute atomic E-state index is 0.0416. The summed E-state index contributed by atoms with van der Waals surface area (Å²) in [4.78, 5) is 54.0. The monoisotopic (exact) mass is 478 g/mol. The standard InChI is InChI=1S/C26H23ClN2O5/c1-15-5-10-21-22(11-15)25(32)29(24(21)31)19-3-2-4-20(13-19)34-26(33)16-12-23(30)28(14-16)18-8-6-17(27)7-9-18/h2-9,13,16,21-22H,10-12,14H2,1H3. The number of ether oxygens (including phenoxy) is 1. The smallest absolute Gasteiger partial charge is 0.316 e. The Morgan fingerprint density at radius 3 is 2.47 bits per heavy atom. The molecule has 1 aliphatic carbocycles. The second-order valence-corrected chi connectivity index (χ2v) is 9.45. The molecule has 0 N–H and O–H groups in total. The van der Waals surface area contributed by atoms with Crippen molar-refractivity contribution in [2.24, 2.45) is 17.8 Å². The molecule has 2 heterocycles. The predicted octanol–water partition coefficient (Wildman–Crippen LogP) is 4.14. The number of allylic oxidation sites excluding steroid dienone is 2. The fourth-order valence-electron chi connectivity index (χ4n) is 4.91. The maximum atomic E-state index is 13.0. The molecular weight excluding hydrogens is 456 g/mol. The molecule has 5 rings (SSSR count). The Bertz CT molecular complexity index is 1220. The van der Waals surface area contributed by atoms with Crippen molar-refractivity contribution in [3.8, 4) is 5.75 Å². The van der Waals surface area contributed by atoms with Gasteiger partial charge in [-0.05, 0) is 56.2 Å². The number of benzene rings is 2. The van der Waals surface area contributed by atoms with E-state index >= 15 is 0 Å². The topological polar surface area (TPSA) is 84.0 Å². The van der Waals surface area contributed by atoms with Gasteiger partial charge in [0.05, 0.1) is 23.4 Å². The van der Waals surface area contributed by atoms with Crippen LogP contribution in [0.1, 0.15) is 26.2 Å². The molecule has 174 valence electrons. The normalized spacial score (nSPS) is 24.4. The lowest BCUT2D eigenvalue weighted by molar-refractivity contribution is -0.139. The SMILES string of the molecule is CC1=CCC2C(=O)N(c3cccc(OC(=O)C4CC(=O)N(c5ccc(Cl)cc5)C4)c3)C(=O)C2C1. The van der Waals surface area contributed by atoms with Crippen molar-refractivity contribution >= 4 is 46.7 Å². The molecule has 3 atom stereocenters. The zero-order valence-corrected chi connectivity index (χ0v) is 19.3. The quantitative estimate of drug-likeness (QED) is 0.285. The van der Waals surface area contributed by atoms with Crippen LogP contribution in [0, 0.1) is 17.8 Å². The molecule has 2 saturated heterocycles. The summed E-state index contributed by atoms with van der Waals surface area (Å²) in [5.41, 5.74) is 2.17. The summed E-state index contributed by atoms with van der Waals surface area (Å²) in [5.74, 6) is -2.22. The van der Waals surface area contributed by atoms with Crippen molar-refractivity contribution in [2.75, 3.05) is 16.3 Å². The minimum atomic E-state index is -0.626. The Kier molecular flexibility index (Phi) is 5.73. The van der Waals surface area contributed by atoms with Crippen LogP contribution in [0.3, 0.4) is 0 Å². The van der Waals surface area contributed by atoms with Gasteiger partial charge in [0, 0.05) is 29.7 Å². The number of hydrogen-bond acceptors (Lipinski definition) is 5. The molecule has 3 aliphatic rings. The van der Waals surface area contributed by atoms with Gasteiger partial charge in [-0.15, -0.1) is 0 Å². The highest BCUT2D eigenvalue weighted by atomic mass is 35.5. The number of rotatable bonds is 4. The minimum Gasteiger partial charge on any atom is -0.426 e. The number of fused-ring (bicyclic) bond motifs is 1. The summed E-state index contributed by atoms with van der Waals surface area (Å²) in [7, 11) is 0. The molecular formula is C26H23ClN2O5. The third-order valence-electron chi connectivity index (χ3n) is 6.71. The van der Waals surface area contributed by atoms with E-state index in [1.165, 1.54) is 15.9 Å². The number of anilines is 2. The van der Waals surface area contributed by atoms with E-state index in [4.69, 9.17) is 16.3 Å². The molecule has 34 heavy (non-hydrogen) atoms. The van der Waals surface area contributed by atoms with Gasteiger partial charge in [0.25, 0.3) is 0 Å². The van der Waals surface area contributed by atoms with Crippen molar-refractivity contribution in [3.63, 3.8) is 0 Å². The van der Waals surface area contributed by atoms with Crippen LogP contribution in [-0.4, -0.2) is 30.2 Å². The maximum Gasteiger partial charge on any atom is 0.316 e. The van der Waals surface area contributed by atoms with Crippen LogP contribution in [0.4, 0.5) is 11.4 Å². The number of carbonyl (C=O) groups excluding carboxylic acids is 4. The molecule has 0 spiro atoms. The predicted molar refractivity (Wildman–Crippen MR) is 126 cm³/mol. The third-order valence-corrected chi connectivity index (χ3v) is 6.97. The van der Waals surface area contributed by atoms with Crippen LogP contribution in [0.25, 0.3) is 0 Å². The Morgan fingerprint density at radius 1 is 0.971 bits per heavy atom. The molecule has 0 radical (unpaired) electrons. The molecule has 3 unspecified atom stereocenters. The van der Waals surface area contributed by atoms with E-state index in [0.29, 0.717) is 29.2 Å². The first-order valence-corrected chi connectivity index (χ1v) is 11.6. The number of carbonyl (C=O) groups is 4. The van der Waals surface area contributed by atoms with Crippen molar-refractivity contribution in [3.05, 3.63) is 65.2 Å². The summed E-state index contributed by atoms with van der Waals surface area (Å²) in [6.45, 7) is 2.18. The summed E-state index contributed by atoms with van der Waals surface area (Å²) in [6, 6.07) is 13.3. The van der Waals surface area contributed by atoms with E-state index in [1.54, 1.807) is 42.5 Å². The molecule has 0 aromatic heterocycles. The van der Waals surface area contributed by atoms with Crippen LogP contribution in [-0.2, 0) is 19.2 Å². The summed E-state index contributed by atoms with van der Waals surface area (Å²) in [5, 5.41) is 0.562. The van der Waals surface area contributed by atoms with Gasteiger partial charge in [0.15, 0.2) is 0 Å². The van der Waals surface area contributed by atoms with Gasteiger partial charge in [-0.25, -0.2) is 4.90 Å². The third kappa shape index (κ3) is 4.01. The van der Waals surface area contributed by atoms with Crippen molar-refractivity contribution in [1.82, 2.24) is 0 Å². The molecule has 8 heteroatoms. The van der Waals surface area contributed by atoms with Gasteiger partial charge in [-0.3, -0.25) is 19.2 Å². The summed E-state index contributed by atoms with van der Waals surface area (Å²) in [6.07, 6.45) is 3.20. The molecule has 3 amide bonds. The Morgan fingerprint density at radius 2 is 1.71 bits per heavy atom. The van der Waals surface area contributed by atoms with E-state index in [-0.39, 0.29) is 48.3 Å². The summed E-state index contributed by atoms with van der Waals surface area (Å²) >= 11 is 5.92. The van der Waals surface area contributed by atoms with E-state index < -0.39 is 11.9 Å². The fraction of sp³-hybridized carbons (Fsp3) is 0.308. The maximum absolute atomic E-state index is 13.0. The van der Waals surface area contributed by atoms with Crippen LogP contribution in [0.2, 0.25) is 5.02 Å². The lowest BCUT2D eigenvalue weighted by atomic mass is 9.82. The summed E-state index contributed by atoms with van der Waals surface area (Å²) < 4.78 is 5.56. The number of nitrogens with zero attached hydrogens (tertiary/aromatic N) is 2. The van der Waals surface area contributed by atoms with Crippen molar-refractivity contribution in [2.45, 2.75) is 26.2 Å². The van der Waals surface area contributed by atoms with Crippen LogP contribution in [0.15, 0.2) is 60.2 Å².